The topological polar surface area (TPSA) is 35.4 Å². The number of furan rings is 1. The number of hydrogen-bond donors (Lipinski definition) is 0. The zero-order chi connectivity index (χ0) is 41.7. The Bertz CT molecular complexity index is 3590. The molecule has 0 saturated heterocycles. The van der Waals surface area contributed by atoms with Crippen molar-refractivity contribution in [2.24, 2.45) is 4.99 Å². The van der Waals surface area contributed by atoms with E-state index in [0.29, 0.717) is 0 Å². The van der Waals surface area contributed by atoms with Crippen molar-refractivity contribution in [2.75, 3.05) is 0 Å². The van der Waals surface area contributed by atoms with Crippen molar-refractivity contribution in [3.63, 3.8) is 0 Å². The highest BCUT2D eigenvalue weighted by atomic mass is 16.3. The van der Waals surface area contributed by atoms with E-state index in [1.165, 1.54) is 54.8 Å². The standard InChI is InChI=1S/C58H45N3O/c1-4-20-50(59-58(39-21-8-6-9-22-39)43(5-2)38(3)44-30-19-34-56-57(44)47-29-14-17-33-55(47)62-56)40-23-18-26-42(35-40)61-52-32-16-13-28-46(52)49-36-48-45-27-12-15-31-51(45)60(53(48)37-54(49)61)41-24-10-7-11-25-41/h6-37H,4-5H2,1-3H3/b43-38?,50-20-,59-58?. The largest absolute Gasteiger partial charge is 0.456 e. The molecule has 0 spiro atoms. The summed E-state index contributed by atoms with van der Waals surface area (Å²) >= 11 is 0. The summed E-state index contributed by atoms with van der Waals surface area (Å²) in [6, 6.07) is 67.4. The Kier molecular flexibility index (Phi) is 9.27. The van der Waals surface area contributed by atoms with Crippen LogP contribution in [0.5, 0.6) is 0 Å². The fraction of sp³-hybridized carbons (Fsp3) is 0.0862. The highest BCUT2D eigenvalue weighted by Crippen LogP contribution is 2.41. The van der Waals surface area contributed by atoms with E-state index in [4.69, 9.17) is 9.41 Å². The van der Waals surface area contributed by atoms with E-state index in [2.05, 4.69) is 218 Å². The van der Waals surface area contributed by atoms with E-state index >= 15 is 0 Å². The minimum atomic E-state index is 0.806. The molecule has 0 N–H and O–H groups in total. The van der Waals surface area contributed by atoms with Crippen LogP contribution in [0.15, 0.2) is 209 Å². The third kappa shape index (κ3) is 6.10. The van der Waals surface area contributed by atoms with Gasteiger partial charge in [-0.2, -0.15) is 0 Å². The van der Waals surface area contributed by atoms with E-state index in [1.807, 2.05) is 6.07 Å². The van der Waals surface area contributed by atoms with Crippen LogP contribution in [0.2, 0.25) is 0 Å². The van der Waals surface area contributed by atoms with E-state index in [1.54, 1.807) is 0 Å². The van der Waals surface area contributed by atoms with E-state index in [9.17, 15) is 0 Å². The zero-order valence-corrected chi connectivity index (χ0v) is 35.1. The van der Waals surface area contributed by atoms with Crippen molar-refractivity contribution in [1.82, 2.24) is 9.13 Å². The Morgan fingerprint density at radius 3 is 1.76 bits per heavy atom. The lowest BCUT2D eigenvalue weighted by Gasteiger charge is -2.17. The van der Waals surface area contributed by atoms with Crippen molar-refractivity contribution in [3.05, 3.63) is 216 Å². The van der Waals surface area contributed by atoms with Gasteiger partial charge in [0.2, 0.25) is 0 Å². The summed E-state index contributed by atoms with van der Waals surface area (Å²) in [5, 5.41) is 7.23. The Morgan fingerprint density at radius 1 is 0.500 bits per heavy atom. The molecule has 0 atom stereocenters. The number of fused-ring (bicyclic) bond motifs is 9. The number of hydrogen-bond acceptors (Lipinski definition) is 2. The number of allylic oxidation sites excluding steroid dienone is 3. The van der Waals surface area contributed by atoms with Gasteiger partial charge in [-0.25, -0.2) is 4.99 Å². The maximum atomic E-state index is 6.35. The van der Waals surface area contributed by atoms with Crippen LogP contribution in [0.4, 0.5) is 0 Å². The van der Waals surface area contributed by atoms with Crippen molar-refractivity contribution in [1.29, 1.82) is 0 Å². The van der Waals surface area contributed by atoms with Crippen LogP contribution >= 0.6 is 0 Å². The molecular weight excluding hydrogens is 755 g/mol. The van der Waals surface area contributed by atoms with E-state index in [0.717, 1.165) is 74.2 Å². The molecule has 0 aliphatic heterocycles. The first-order valence-electron chi connectivity index (χ1n) is 21.7. The molecule has 0 amide bonds. The Morgan fingerprint density at radius 2 is 1.06 bits per heavy atom. The van der Waals surface area contributed by atoms with Gasteiger partial charge in [-0.05, 0) is 97.1 Å². The molecular formula is C58H45N3O. The molecule has 11 aromatic rings. The third-order valence-corrected chi connectivity index (χ3v) is 12.5. The molecule has 0 fully saturated rings. The maximum absolute atomic E-state index is 6.35. The van der Waals surface area contributed by atoms with Gasteiger partial charge in [-0.1, -0.05) is 147 Å². The molecule has 62 heavy (non-hydrogen) atoms. The van der Waals surface area contributed by atoms with Gasteiger partial charge in [0, 0.05) is 54.8 Å². The van der Waals surface area contributed by atoms with Crippen LogP contribution in [0.25, 0.3) is 88.2 Å². The van der Waals surface area contributed by atoms with Crippen molar-refractivity contribution in [3.8, 4) is 11.4 Å². The third-order valence-electron chi connectivity index (χ3n) is 12.5. The summed E-state index contributed by atoms with van der Waals surface area (Å²) in [5.41, 5.74) is 16.4. The Labute approximate surface area is 361 Å². The monoisotopic (exact) mass is 799 g/mol. The fourth-order valence-corrected chi connectivity index (χ4v) is 9.67. The van der Waals surface area contributed by atoms with Crippen molar-refractivity contribution < 1.29 is 4.42 Å². The van der Waals surface area contributed by atoms with Crippen LogP contribution < -0.4 is 0 Å². The first-order chi connectivity index (χ1) is 30.6. The number of benzene rings is 8. The number of aromatic nitrogens is 2. The van der Waals surface area contributed by atoms with Crippen LogP contribution in [0, 0.1) is 0 Å². The lowest BCUT2D eigenvalue weighted by atomic mass is 9.90. The summed E-state index contributed by atoms with van der Waals surface area (Å²) in [5.74, 6) is 0. The average molecular weight is 800 g/mol. The second-order valence-corrected chi connectivity index (χ2v) is 16.0. The predicted octanol–water partition coefficient (Wildman–Crippen LogP) is 15.9. The second-order valence-electron chi connectivity index (χ2n) is 16.0. The van der Waals surface area contributed by atoms with Crippen LogP contribution in [0.1, 0.15) is 50.3 Å². The lowest BCUT2D eigenvalue weighted by Crippen LogP contribution is -2.08. The second kappa shape index (κ2) is 15.4. The van der Waals surface area contributed by atoms with Gasteiger partial charge < -0.3 is 13.6 Å². The van der Waals surface area contributed by atoms with Gasteiger partial charge in [0.25, 0.3) is 0 Å². The first kappa shape index (κ1) is 37.3. The van der Waals surface area contributed by atoms with Crippen LogP contribution in [0.3, 0.4) is 0 Å². The molecule has 4 nitrogen and oxygen atoms in total. The molecule has 8 aromatic carbocycles. The molecule has 4 heteroatoms. The SMILES string of the molecule is CC/C=C(\N=C(C(CC)=C(C)c1cccc2oc3ccccc3c12)c1ccccc1)c1cccc(-n2c3ccccc3c3cc4c5ccccc5n(-c5ccccc5)c4cc32)c1. The van der Waals surface area contributed by atoms with Crippen molar-refractivity contribution >= 4 is 82.5 Å². The smallest absolute Gasteiger partial charge is 0.136 e. The summed E-state index contributed by atoms with van der Waals surface area (Å²) in [6.45, 7) is 6.68. The highest BCUT2D eigenvalue weighted by molar-refractivity contribution is 6.21. The Hall–Kier alpha value is -7.69. The van der Waals surface area contributed by atoms with Gasteiger partial charge >= 0.3 is 0 Å². The zero-order valence-electron chi connectivity index (χ0n) is 35.1. The minimum Gasteiger partial charge on any atom is -0.456 e. The summed E-state index contributed by atoms with van der Waals surface area (Å²) < 4.78 is 11.2. The first-order valence-corrected chi connectivity index (χ1v) is 21.7. The molecule has 3 heterocycles. The molecule has 3 aromatic heterocycles. The molecule has 0 bridgehead atoms. The minimum absolute atomic E-state index is 0.806. The van der Waals surface area contributed by atoms with Gasteiger partial charge in [0.05, 0.1) is 33.5 Å². The van der Waals surface area contributed by atoms with Gasteiger partial charge in [0.15, 0.2) is 0 Å². The fourth-order valence-electron chi connectivity index (χ4n) is 9.67. The summed E-state index contributed by atoms with van der Waals surface area (Å²) in [4.78, 5) is 5.70. The molecule has 0 aliphatic carbocycles. The lowest BCUT2D eigenvalue weighted by molar-refractivity contribution is 0.669. The molecule has 11 rings (SSSR count). The highest BCUT2D eigenvalue weighted by Gasteiger charge is 2.21. The summed E-state index contributed by atoms with van der Waals surface area (Å²) in [7, 11) is 0. The predicted molar refractivity (Wildman–Crippen MR) is 263 cm³/mol. The van der Waals surface area contributed by atoms with E-state index < -0.39 is 0 Å². The molecule has 0 radical (unpaired) electrons. The van der Waals surface area contributed by atoms with Crippen LogP contribution in [-0.2, 0) is 0 Å². The molecule has 0 aliphatic rings. The maximum Gasteiger partial charge on any atom is 0.136 e. The molecule has 0 saturated carbocycles. The normalized spacial score (nSPS) is 13.0. The van der Waals surface area contributed by atoms with E-state index in [-0.39, 0.29) is 0 Å². The number of rotatable bonds is 9. The number of para-hydroxylation sites is 4. The molecule has 0 unspecified atom stereocenters. The van der Waals surface area contributed by atoms with Gasteiger partial charge in [0.1, 0.15) is 11.2 Å². The summed E-state index contributed by atoms with van der Waals surface area (Å²) in [6.07, 6.45) is 3.91. The van der Waals surface area contributed by atoms with Crippen LogP contribution in [-0.4, -0.2) is 14.8 Å². The average Bonchev–Trinajstić information content (AvgIpc) is 3.98. The van der Waals surface area contributed by atoms with Gasteiger partial charge in [-0.15, -0.1) is 0 Å². The van der Waals surface area contributed by atoms with Gasteiger partial charge in [-0.3, -0.25) is 0 Å². The van der Waals surface area contributed by atoms with Crippen molar-refractivity contribution in [2.45, 2.75) is 33.6 Å². The number of aliphatic imine (C=N–C) groups is 1. The number of nitrogens with zero attached hydrogens (tertiary/aromatic N) is 3. The Balaban J connectivity index is 1.11. The quantitative estimate of drug-likeness (QED) is 0.134. The molecule has 298 valence electrons.